The van der Waals surface area contributed by atoms with Crippen molar-refractivity contribution in [1.29, 1.82) is 0 Å². The fraction of sp³-hybridized carbons (Fsp3) is 0.333. The molecule has 13 heavy (non-hydrogen) atoms. The van der Waals surface area contributed by atoms with Crippen LogP contribution in [0.5, 0.6) is 0 Å². The maximum atomic E-state index is 2.34. The maximum Gasteiger partial charge on any atom is 0.00748 e. The second kappa shape index (κ2) is 4.01. The van der Waals surface area contributed by atoms with Crippen LogP contribution in [0.1, 0.15) is 18.1 Å². The van der Waals surface area contributed by atoms with Crippen molar-refractivity contribution in [2.75, 3.05) is 5.75 Å². The number of benzene rings is 1. The van der Waals surface area contributed by atoms with Gasteiger partial charge in [-0.25, -0.2) is 0 Å². The van der Waals surface area contributed by atoms with Crippen molar-refractivity contribution in [2.45, 2.75) is 24.7 Å². The number of thioether (sulfide) groups is 1. The lowest BCUT2D eigenvalue weighted by Crippen LogP contribution is -1.96. The Hall–Kier alpha value is -0.690. The molecule has 0 fully saturated rings. The minimum absolute atomic E-state index is 1.12. The molecule has 0 saturated heterocycles. The average Bonchev–Trinajstić information content (AvgIpc) is 2.18. The number of hydrogen-bond donors (Lipinski definition) is 0. The number of allylic oxidation sites excluding steroid dienone is 2. The summed E-state index contributed by atoms with van der Waals surface area (Å²) in [6.45, 7) is 2.20. The highest BCUT2D eigenvalue weighted by Gasteiger charge is 2.04. The molecular formula is C12H14S. The van der Waals surface area contributed by atoms with Gasteiger partial charge in [0.25, 0.3) is 0 Å². The van der Waals surface area contributed by atoms with Gasteiger partial charge in [0.2, 0.25) is 0 Å². The van der Waals surface area contributed by atoms with Gasteiger partial charge in [0.1, 0.15) is 0 Å². The first kappa shape index (κ1) is 8.89. The van der Waals surface area contributed by atoms with Crippen LogP contribution >= 0.6 is 11.8 Å². The topological polar surface area (TPSA) is 0 Å². The molecule has 2 rings (SSSR count). The van der Waals surface area contributed by atoms with Gasteiger partial charge < -0.3 is 0 Å². The van der Waals surface area contributed by atoms with E-state index in [4.69, 9.17) is 0 Å². The summed E-state index contributed by atoms with van der Waals surface area (Å²) in [5.74, 6) is 1.16. The first-order chi connectivity index (χ1) is 6.40. The van der Waals surface area contributed by atoms with Crippen molar-refractivity contribution in [2.24, 2.45) is 0 Å². The van der Waals surface area contributed by atoms with Crippen molar-refractivity contribution in [3.05, 3.63) is 41.5 Å². The normalized spacial score (nSPS) is 14.2. The minimum Gasteiger partial charge on any atom is -0.126 e. The van der Waals surface area contributed by atoms with Gasteiger partial charge >= 0.3 is 0 Å². The van der Waals surface area contributed by atoms with Crippen molar-refractivity contribution in [1.82, 2.24) is 0 Å². The van der Waals surface area contributed by atoms with Crippen LogP contribution in [0.15, 0.2) is 35.2 Å². The van der Waals surface area contributed by atoms with Crippen molar-refractivity contribution >= 4 is 11.8 Å². The standard InChI is InChI=1S/C12H14S/c1-2-13-12-8-7-10-5-3-4-6-11(10)9-12/h3-4,7-9H,2,5-6H2,1H3. The Balaban J connectivity index is 2.27. The Labute approximate surface area is 84.0 Å². The first-order valence-electron chi connectivity index (χ1n) is 4.79. The molecule has 1 aliphatic carbocycles. The van der Waals surface area contributed by atoms with E-state index in [2.05, 4.69) is 37.3 Å². The molecule has 0 N–H and O–H groups in total. The molecule has 0 saturated carbocycles. The molecule has 1 heteroatoms. The van der Waals surface area contributed by atoms with E-state index in [0.29, 0.717) is 0 Å². The average molecular weight is 190 g/mol. The molecule has 0 atom stereocenters. The summed E-state index contributed by atoms with van der Waals surface area (Å²) in [5.41, 5.74) is 3.02. The highest BCUT2D eigenvalue weighted by Crippen LogP contribution is 2.24. The van der Waals surface area contributed by atoms with Crippen LogP contribution in [0, 0.1) is 0 Å². The number of rotatable bonds is 2. The quantitative estimate of drug-likeness (QED) is 0.508. The number of hydrogen-bond acceptors (Lipinski definition) is 1. The van der Waals surface area contributed by atoms with Gasteiger partial charge in [0.05, 0.1) is 0 Å². The summed E-state index contributed by atoms with van der Waals surface area (Å²) >= 11 is 1.92. The van der Waals surface area contributed by atoms with Crippen LogP contribution in [-0.4, -0.2) is 5.75 Å². The van der Waals surface area contributed by atoms with Gasteiger partial charge in [0.15, 0.2) is 0 Å². The predicted octanol–water partition coefficient (Wildman–Crippen LogP) is 3.45. The Morgan fingerprint density at radius 3 is 2.69 bits per heavy atom. The number of fused-ring (bicyclic) bond motifs is 1. The summed E-state index contributed by atoms with van der Waals surface area (Å²) in [4.78, 5) is 1.41. The minimum atomic E-state index is 1.12. The molecule has 0 aliphatic heterocycles. The van der Waals surface area contributed by atoms with Crippen LogP contribution in [0.3, 0.4) is 0 Å². The molecule has 0 bridgehead atoms. The zero-order chi connectivity index (χ0) is 9.10. The summed E-state index contributed by atoms with van der Waals surface area (Å²) in [5, 5.41) is 0. The van der Waals surface area contributed by atoms with E-state index >= 15 is 0 Å². The monoisotopic (exact) mass is 190 g/mol. The Morgan fingerprint density at radius 2 is 1.92 bits per heavy atom. The van der Waals surface area contributed by atoms with Crippen LogP contribution in [0.2, 0.25) is 0 Å². The van der Waals surface area contributed by atoms with Crippen molar-refractivity contribution < 1.29 is 0 Å². The van der Waals surface area contributed by atoms with E-state index in [9.17, 15) is 0 Å². The first-order valence-corrected chi connectivity index (χ1v) is 5.78. The lowest BCUT2D eigenvalue weighted by molar-refractivity contribution is 1.08. The van der Waals surface area contributed by atoms with Crippen LogP contribution in [0.4, 0.5) is 0 Å². The molecule has 68 valence electrons. The van der Waals surface area contributed by atoms with Crippen LogP contribution < -0.4 is 0 Å². The lowest BCUT2D eigenvalue weighted by atomic mass is 9.97. The molecule has 0 amide bonds. The highest BCUT2D eigenvalue weighted by atomic mass is 32.2. The lowest BCUT2D eigenvalue weighted by Gasteiger charge is -2.11. The van der Waals surface area contributed by atoms with Crippen LogP contribution in [-0.2, 0) is 12.8 Å². The Morgan fingerprint density at radius 1 is 1.15 bits per heavy atom. The zero-order valence-electron chi connectivity index (χ0n) is 7.92. The van der Waals surface area contributed by atoms with Gasteiger partial charge in [-0.05, 0) is 41.9 Å². The molecule has 0 radical (unpaired) electrons. The predicted molar refractivity (Wildman–Crippen MR) is 59.4 cm³/mol. The molecule has 0 heterocycles. The van der Waals surface area contributed by atoms with E-state index in [1.54, 1.807) is 0 Å². The van der Waals surface area contributed by atoms with Gasteiger partial charge in [0, 0.05) is 4.90 Å². The molecule has 0 spiro atoms. The Bertz CT molecular complexity index is 326. The fourth-order valence-electron chi connectivity index (χ4n) is 1.67. The third kappa shape index (κ3) is 1.97. The largest absolute Gasteiger partial charge is 0.126 e. The zero-order valence-corrected chi connectivity index (χ0v) is 8.73. The van der Waals surface area contributed by atoms with E-state index in [-0.39, 0.29) is 0 Å². The summed E-state index contributed by atoms with van der Waals surface area (Å²) in [7, 11) is 0. The summed E-state index contributed by atoms with van der Waals surface area (Å²) < 4.78 is 0. The smallest absolute Gasteiger partial charge is 0.00748 e. The molecule has 1 aliphatic rings. The van der Waals surface area contributed by atoms with Crippen molar-refractivity contribution in [3.8, 4) is 0 Å². The second-order valence-electron chi connectivity index (χ2n) is 3.24. The fourth-order valence-corrected chi connectivity index (χ4v) is 2.39. The van der Waals surface area contributed by atoms with Gasteiger partial charge in [-0.1, -0.05) is 25.1 Å². The van der Waals surface area contributed by atoms with E-state index in [1.165, 1.54) is 16.0 Å². The Kier molecular flexibility index (Phi) is 2.74. The summed E-state index contributed by atoms with van der Waals surface area (Å²) in [6, 6.07) is 6.86. The van der Waals surface area contributed by atoms with Gasteiger partial charge in [-0.3, -0.25) is 0 Å². The molecular weight excluding hydrogens is 176 g/mol. The molecule has 0 unspecified atom stereocenters. The van der Waals surface area contributed by atoms with E-state index < -0.39 is 0 Å². The molecule has 1 aromatic rings. The third-order valence-corrected chi connectivity index (χ3v) is 3.21. The van der Waals surface area contributed by atoms with Crippen molar-refractivity contribution in [3.63, 3.8) is 0 Å². The molecule has 0 aromatic heterocycles. The second-order valence-corrected chi connectivity index (χ2v) is 4.58. The SMILES string of the molecule is CCSc1ccc2c(c1)CC=CC2. The van der Waals surface area contributed by atoms with Gasteiger partial charge in [-0.15, -0.1) is 11.8 Å². The van der Waals surface area contributed by atoms with Gasteiger partial charge in [-0.2, -0.15) is 0 Å². The van der Waals surface area contributed by atoms with Crippen LogP contribution in [0.25, 0.3) is 0 Å². The maximum absolute atomic E-state index is 2.34. The third-order valence-electron chi connectivity index (χ3n) is 2.33. The summed E-state index contributed by atoms with van der Waals surface area (Å²) in [6.07, 6.45) is 6.76. The van der Waals surface area contributed by atoms with E-state index in [1.807, 2.05) is 11.8 Å². The molecule has 1 aromatic carbocycles. The van der Waals surface area contributed by atoms with E-state index in [0.717, 1.165) is 18.6 Å². The highest BCUT2D eigenvalue weighted by molar-refractivity contribution is 7.99. The molecule has 0 nitrogen and oxygen atoms in total.